The Labute approximate surface area is 80.8 Å². The third-order valence-corrected chi connectivity index (χ3v) is 1.14. The predicted molar refractivity (Wildman–Crippen MR) is 61.7 cm³/mol. The van der Waals surface area contributed by atoms with E-state index in [2.05, 4.69) is 34.6 Å². The van der Waals surface area contributed by atoms with Crippen molar-refractivity contribution < 1.29 is 0 Å². The topological polar surface area (TPSA) is 0 Å². The van der Waals surface area contributed by atoms with Gasteiger partial charge < -0.3 is 0 Å². The van der Waals surface area contributed by atoms with Gasteiger partial charge in [0, 0.05) is 0 Å². The van der Waals surface area contributed by atoms with Crippen molar-refractivity contribution in [1.29, 1.82) is 0 Å². The summed E-state index contributed by atoms with van der Waals surface area (Å²) in [5, 5.41) is 0. The number of unbranched alkanes of at least 4 members (excludes halogenated alkanes) is 1. The molecule has 12 heavy (non-hydrogen) atoms. The second-order valence-corrected chi connectivity index (χ2v) is 3.24. The second-order valence-electron chi connectivity index (χ2n) is 3.24. The molecule has 0 spiro atoms. The zero-order valence-electron chi connectivity index (χ0n) is 10.4. The SMILES string of the molecule is CC.CCC.CCCCC(C)C. The van der Waals surface area contributed by atoms with Gasteiger partial charge in [0.05, 0.1) is 0 Å². The highest BCUT2D eigenvalue weighted by atomic mass is 13.9. The highest BCUT2D eigenvalue weighted by Gasteiger charge is 1.88. The first-order valence-electron chi connectivity index (χ1n) is 5.68. The van der Waals surface area contributed by atoms with Gasteiger partial charge in [-0.2, -0.15) is 0 Å². The molecular weight excluding hydrogens is 144 g/mol. The Morgan fingerprint density at radius 2 is 1.25 bits per heavy atom. The predicted octanol–water partition coefficient (Wildman–Crippen LogP) is 5.28. The van der Waals surface area contributed by atoms with E-state index in [4.69, 9.17) is 0 Å². The molecule has 0 aromatic carbocycles. The molecule has 0 nitrogen and oxygen atoms in total. The molecule has 0 N–H and O–H groups in total. The van der Waals surface area contributed by atoms with E-state index in [1.807, 2.05) is 13.8 Å². The Kier molecular flexibility index (Phi) is 33.5. The van der Waals surface area contributed by atoms with Gasteiger partial charge in [-0.05, 0) is 5.92 Å². The van der Waals surface area contributed by atoms with Gasteiger partial charge in [-0.15, -0.1) is 0 Å². The van der Waals surface area contributed by atoms with Crippen LogP contribution in [0.5, 0.6) is 0 Å². The molecule has 0 unspecified atom stereocenters. The van der Waals surface area contributed by atoms with Crippen molar-refractivity contribution in [2.75, 3.05) is 0 Å². The maximum absolute atomic E-state index is 2.27. The normalized spacial score (nSPS) is 8.00. The monoisotopic (exact) mass is 174 g/mol. The Balaban J connectivity index is -0.000000137. The van der Waals surface area contributed by atoms with Crippen molar-refractivity contribution in [3.63, 3.8) is 0 Å². The van der Waals surface area contributed by atoms with Crippen LogP contribution in [0.1, 0.15) is 74.1 Å². The van der Waals surface area contributed by atoms with Crippen molar-refractivity contribution >= 4 is 0 Å². The van der Waals surface area contributed by atoms with Gasteiger partial charge in [0.25, 0.3) is 0 Å². The standard InChI is InChI=1S/C7H16.C3H8.C2H6/c1-4-5-6-7(2)3;1-3-2;1-2/h7H,4-6H2,1-3H3;3H2,1-2H3;1-2H3. The van der Waals surface area contributed by atoms with E-state index >= 15 is 0 Å². The lowest BCUT2D eigenvalue weighted by Crippen LogP contribution is -1.83. The summed E-state index contributed by atoms with van der Waals surface area (Å²) in [4.78, 5) is 0. The molecule has 0 aliphatic carbocycles. The molecule has 0 amide bonds. The van der Waals surface area contributed by atoms with E-state index in [0.29, 0.717) is 0 Å². The maximum atomic E-state index is 2.27. The summed E-state index contributed by atoms with van der Waals surface area (Å²) in [6.07, 6.45) is 5.40. The average Bonchev–Trinajstić information content (AvgIpc) is 2.06. The summed E-state index contributed by atoms with van der Waals surface area (Å²) in [5.74, 6) is 0.903. The third kappa shape index (κ3) is 50.6. The van der Waals surface area contributed by atoms with Crippen LogP contribution in [0, 0.1) is 5.92 Å². The lowest BCUT2D eigenvalue weighted by Gasteiger charge is -1.98. The molecule has 0 bridgehead atoms. The minimum atomic E-state index is 0.903. The van der Waals surface area contributed by atoms with E-state index < -0.39 is 0 Å². The molecule has 0 fully saturated rings. The molecule has 0 heterocycles. The Bertz CT molecular complexity index is 37.3. The van der Waals surface area contributed by atoms with Gasteiger partial charge in [0.15, 0.2) is 0 Å². The molecule has 0 aliphatic heterocycles. The summed E-state index contributed by atoms with van der Waals surface area (Å²) in [6.45, 7) is 15.0. The van der Waals surface area contributed by atoms with Crippen LogP contribution in [-0.4, -0.2) is 0 Å². The van der Waals surface area contributed by atoms with Crippen molar-refractivity contribution in [2.24, 2.45) is 5.92 Å². The van der Waals surface area contributed by atoms with E-state index in [1.54, 1.807) is 0 Å². The summed E-state index contributed by atoms with van der Waals surface area (Å²) < 4.78 is 0. The molecule has 0 rings (SSSR count). The first-order chi connectivity index (χ1) is 5.68. The fourth-order valence-electron chi connectivity index (χ4n) is 0.612. The molecular formula is C12H30. The van der Waals surface area contributed by atoms with Crippen LogP contribution in [0.25, 0.3) is 0 Å². The molecule has 0 heteroatoms. The maximum Gasteiger partial charge on any atom is -0.0471 e. The molecule has 0 atom stereocenters. The molecule has 0 aliphatic rings. The quantitative estimate of drug-likeness (QED) is 0.546. The van der Waals surface area contributed by atoms with Crippen LogP contribution in [0.2, 0.25) is 0 Å². The number of hydrogen-bond donors (Lipinski definition) is 0. The summed E-state index contributed by atoms with van der Waals surface area (Å²) in [5.41, 5.74) is 0. The fraction of sp³-hybridized carbons (Fsp3) is 1.00. The van der Waals surface area contributed by atoms with Gasteiger partial charge in [-0.1, -0.05) is 74.1 Å². The largest absolute Gasteiger partial charge is 0.0683 e. The molecule has 0 saturated carbocycles. The summed E-state index contributed by atoms with van der Waals surface area (Å²) in [7, 11) is 0. The van der Waals surface area contributed by atoms with E-state index in [1.165, 1.54) is 25.7 Å². The Morgan fingerprint density at radius 1 is 0.917 bits per heavy atom. The van der Waals surface area contributed by atoms with Gasteiger partial charge in [0.1, 0.15) is 0 Å². The van der Waals surface area contributed by atoms with Crippen LogP contribution in [0.3, 0.4) is 0 Å². The van der Waals surface area contributed by atoms with Gasteiger partial charge in [-0.25, -0.2) is 0 Å². The van der Waals surface area contributed by atoms with E-state index in [-0.39, 0.29) is 0 Å². The van der Waals surface area contributed by atoms with Crippen LogP contribution in [-0.2, 0) is 0 Å². The van der Waals surface area contributed by atoms with Crippen LogP contribution in [0.4, 0.5) is 0 Å². The van der Waals surface area contributed by atoms with Crippen molar-refractivity contribution in [1.82, 2.24) is 0 Å². The average molecular weight is 174 g/mol. The molecule has 0 aromatic heterocycles. The Hall–Kier alpha value is 0. The van der Waals surface area contributed by atoms with E-state index in [9.17, 15) is 0 Å². The number of rotatable bonds is 3. The fourth-order valence-corrected chi connectivity index (χ4v) is 0.612. The molecule has 0 aromatic rings. The lowest BCUT2D eigenvalue weighted by atomic mass is 10.1. The highest BCUT2D eigenvalue weighted by molar-refractivity contribution is 4.42. The van der Waals surface area contributed by atoms with Crippen molar-refractivity contribution in [2.45, 2.75) is 74.1 Å². The molecule has 78 valence electrons. The van der Waals surface area contributed by atoms with Crippen molar-refractivity contribution in [3.05, 3.63) is 0 Å². The van der Waals surface area contributed by atoms with Gasteiger partial charge >= 0.3 is 0 Å². The third-order valence-electron chi connectivity index (χ3n) is 1.14. The Morgan fingerprint density at radius 3 is 1.33 bits per heavy atom. The minimum Gasteiger partial charge on any atom is -0.0683 e. The first-order valence-corrected chi connectivity index (χ1v) is 5.68. The summed E-state index contributed by atoms with van der Waals surface area (Å²) >= 11 is 0. The van der Waals surface area contributed by atoms with Crippen molar-refractivity contribution in [3.8, 4) is 0 Å². The zero-order chi connectivity index (χ0) is 10.4. The smallest absolute Gasteiger partial charge is 0.0471 e. The van der Waals surface area contributed by atoms with E-state index in [0.717, 1.165) is 5.92 Å². The van der Waals surface area contributed by atoms with Crippen LogP contribution < -0.4 is 0 Å². The first kappa shape index (κ1) is 17.9. The van der Waals surface area contributed by atoms with Crippen LogP contribution >= 0.6 is 0 Å². The molecule has 0 radical (unpaired) electrons. The summed E-state index contributed by atoms with van der Waals surface area (Å²) in [6, 6.07) is 0. The second kappa shape index (κ2) is 22.4. The lowest BCUT2D eigenvalue weighted by molar-refractivity contribution is 0.550. The highest BCUT2D eigenvalue weighted by Crippen LogP contribution is 2.04. The minimum absolute atomic E-state index is 0.903. The zero-order valence-corrected chi connectivity index (χ0v) is 10.4. The number of hydrogen-bond acceptors (Lipinski definition) is 0. The van der Waals surface area contributed by atoms with Crippen LogP contribution in [0.15, 0.2) is 0 Å². The van der Waals surface area contributed by atoms with Gasteiger partial charge in [-0.3, -0.25) is 0 Å². The molecule has 0 saturated heterocycles. The van der Waals surface area contributed by atoms with Gasteiger partial charge in [0.2, 0.25) is 0 Å².